The molecule has 0 aliphatic heterocycles. The van der Waals surface area contributed by atoms with Crippen LogP contribution in [-0.2, 0) is 5.41 Å². The number of hydrogen-bond acceptors (Lipinski definition) is 4. The van der Waals surface area contributed by atoms with Gasteiger partial charge in [0.1, 0.15) is 11.4 Å². The Morgan fingerprint density at radius 2 is 1.84 bits per heavy atom. The molecule has 0 bridgehead atoms. The Labute approximate surface area is 146 Å². The minimum Gasteiger partial charge on any atom is -0.496 e. The van der Waals surface area contributed by atoms with E-state index in [1.165, 1.54) is 6.20 Å². The molecule has 2 aromatic carbocycles. The van der Waals surface area contributed by atoms with Crippen LogP contribution in [0.15, 0.2) is 54.7 Å². The van der Waals surface area contributed by atoms with E-state index in [9.17, 15) is 4.79 Å². The van der Waals surface area contributed by atoms with Gasteiger partial charge >= 0.3 is 0 Å². The van der Waals surface area contributed by atoms with Crippen LogP contribution in [0.5, 0.6) is 5.75 Å². The molecule has 25 heavy (non-hydrogen) atoms. The first-order chi connectivity index (χ1) is 12.2. The minimum atomic E-state index is -0.195. The van der Waals surface area contributed by atoms with E-state index in [0.717, 1.165) is 35.2 Å². The molecule has 1 fully saturated rings. The lowest BCUT2D eigenvalue weighted by Gasteiger charge is -2.19. The Morgan fingerprint density at radius 1 is 1.12 bits per heavy atom. The van der Waals surface area contributed by atoms with Gasteiger partial charge in [-0.05, 0) is 31.0 Å². The fourth-order valence-corrected chi connectivity index (χ4v) is 3.18. The second-order valence-electron chi connectivity index (χ2n) is 6.41. The molecule has 1 aliphatic carbocycles. The average Bonchev–Trinajstić information content (AvgIpc) is 3.46. The molecule has 126 valence electrons. The van der Waals surface area contributed by atoms with E-state index in [0.29, 0.717) is 12.2 Å². The van der Waals surface area contributed by atoms with Gasteiger partial charge in [-0.3, -0.25) is 9.78 Å². The van der Waals surface area contributed by atoms with Crippen molar-refractivity contribution in [3.05, 3.63) is 66.0 Å². The number of para-hydroxylation sites is 3. The Bertz CT molecular complexity index is 935. The van der Waals surface area contributed by atoms with Crippen LogP contribution >= 0.6 is 0 Å². The minimum absolute atomic E-state index is 0.0352. The molecule has 5 nitrogen and oxygen atoms in total. The van der Waals surface area contributed by atoms with Gasteiger partial charge in [0, 0.05) is 17.5 Å². The molecule has 1 amide bonds. The fraction of sp³-hybridized carbons (Fsp3) is 0.250. The zero-order chi connectivity index (χ0) is 17.3. The molecule has 1 heterocycles. The van der Waals surface area contributed by atoms with E-state index < -0.39 is 0 Å². The molecule has 0 saturated heterocycles. The molecule has 5 heteroatoms. The van der Waals surface area contributed by atoms with E-state index in [4.69, 9.17) is 4.74 Å². The van der Waals surface area contributed by atoms with Crippen molar-refractivity contribution in [3.8, 4) is 5.75 Å². The van der Waals surface area contributed by atoms with Crippen LogP contribution in [0.2, 0.25) is 0 Å². The van der Waals surface area contributed by atoms with Gasteiger partial charge in [0.15, 0.2) is 0 Å². The van der Waals surface area contributed by atoms with Crippen LogP contribution in [0.25, 0.3) is 11.0 Å². The second-order valence-corrected chi connectivity index (χ2v) is 6.41. The van der Waals surface area contributed by atoms with Crippen LogP contribution < -0.4 is 10.1 Å². The van der Waals surface area contributed by atoms with Gasteiger partial charge in [0.2, 0.25) is 0 Å². The van der Waals surface area contributed by atoms with E-state index in [1.807, 2.05) is 42.5 Å². The zero-order valence-corrected chi connectivity index (χ0v) is 14.0. The number of methoxy groups -OCH3 is 1. The first kappa shape index (κ1) is 15.6. The maximum Gasteiger partial charge on any atom is 0.271 e. The fourth-order valence-electron chi connectivity index (χ4n) is 3.18. The number of ether oxygens (including phenoxy) is 1. The summed E-state index contributed by atoms with van der Waals surface area (Å²) in [6.07, 6.45) is 3.61. The number of nitrogens with zero attached hydrogens (tertiary/aromatic N) is 2. The summed E-state index contributed by atoms with van der Waals surface area (Å²) in [7, 11) is 1.68. The van der Waals surface area contributed by atoms with E-state index in [1.54, 1.807) is 7.11 Å². The van der Waals surface area contributed by atoms with Crippen molar-refractivity contribution in [2.45, 2.75) is 18.3 Å². The van der Waals surface area contributed by atoms with Gasteiger partial charge in [-0.1, -0.05) is 30.3 Å². The smallest absolute Gasteiger partial charge is 0.271 e. The summed E-state index contributed by atoms with van der Waals surface area (Å²) in [5, 5.41) is 3.02. The van der Waals surface area contributed by atoms with E-state index in [-0.39, 0.29) is 11.3 Å². The maximum atomic E-state index is 12.5. The third-order valence-electron chi connectivity index (χ3n) is 4.80. The SMILES string of the molecule is COc1ccccc1C1(CNC(=O)c2cnc3ccccc3n2)CC1. The molecule has 3 aromatic rings. The first-order valence-electron chi connectivity index (χ1n) is 8.35. The number of fused-ring (bicyclic) bond motifs is 1. The Hall–Kier alpha value is -2.95. The standard InChI is InChI=1S/C20H19N3O2/c1-25-18-9-5-2-6-14(18)20(10-11-20)13-22-19(24)17-12-21-15-7-3-4-8-16(15)23-17/h2-9,12H,10-11,13H2,1H3,(H,22,24). The molecule has 1 aromatic heterocycles. The molecule has 0 atom stereocenters. The highest BCUT2D eigenvalue weighted by molar-refractivity contribution is 5.93. The van der Waals surface area contributed by atoms with Gasteiger partial charge in [0.05, 0.1) is 24.3 Å². The summed E-state index contributed by atoms with van der Waals surface area (Å²) < 4.78 is 5.48. The van der Waals surface area contributed by atoms with Gasteiger partial charge < -0.3 is 10.1 Å². The summed E-state index contributed by atoms with van der Waals surface area (Å²) >= 11 is 0. The molecule has 1 saturated carbocycles. The van der Waals surface area contributed by atoms with Crippen LogP contribution in [0.1, 0.15) is 28.9 Å². The number of aromatic nitrogens is 2. The maximum absolute atomic E-state index is 12.5. The van der Waals surface area contributed by atoms with Gasteiger partial charge in [-0.2, -0.15) is 0 Å². The number of nitrogens with one attached hydrogen (secondary N) is 1. The van der Waals surface area contributed by atoms with Crippen molar-refractivity contribution in [2.75, 3.05) is 13.7 Å². The molecule has 0 unspecified atom stereocenters. The summed E-state index contributed by atoms with van der Waals surface area (Å²) in [5.74, 6) is 0.680. The van der Waals surface area contributed by atoms with Gasteiger partial charge in [0.25, 0.3) is 5.91 Å². The third-order valence-corrected chi connectivity index (χ3v) is 4.80. The second kappa shape index (κ2) is 6.16. The molecule has 0 spiro atoms. The Morgan fingerprint density at radius 3 is 2.60 bits per heavy atom. The molecule has 0 radical (unpaired) electrons. The van der Waals surface area contributed by atoms with Crippen molar-refractivity contribution in [1.29, 1.82) is 0 Å². The van der Waals surface area contributed by atoms with Crippen LogP contribution in [0.4, 0.5) is 0 Å². The van der Waals surface area contributed by atoms with Crippen LogP contribution in [0, 0.1) is 0 Å². The summed E-state index contributed by atoms with van der Waals surface area (Å²) in [6.45, 7) is 0.570. The van der Waals surface area contributed by atoms with Crippen molar-refractivity contribution < 1.29 is 9.53 Å². The lowest BCUT2D eigenvalue weighted by molar-refractivity contribution is 0.0944. The monoisotopic (exact) mass is 333 g/mol. The summed E-state index contributed by atoms with van der Waals surface area (Å²) in [6, 6.07) is 15.5. The number of rotatable bonds is 5. The molecular weight excluding hydrogens is 314 g/mol. The van der Waals surface area contributed by atoms with Crippen molar-refractivity contribution in [2.24, 2.45) is 0 Å². The predicted octanol–water partition coefficient (Wildman–Crippen LogP) is 3.10. The van der Waals surface area contributed by atoms with E-state index >= 15 is 0 Å². The largest absolute Gasteiger partial charge is 0.496 e. The summed E-state index contributed by atoms with van der Waals surface area (Å²) in [4.78, 5) is 21.2. The van der Waals surface area contributed by atoms with E-state index in [2.05, 4.69) is 21.4 Å². The Balaban J connectivity index is 1.51. The lowest BCUT2D eigenvalue weighted by atomic mass is 9.95. The average molecular weight is 333 g/mol. The Kier molecular flexibility index (Phi) is 3.84. The summed E-state index contributed by atoms with van der Waals surface area (Å²) in [5.41, 5.74) is 2.97. The number of hydrogen-bond donors (Lipinski definition) is 1. The highest BCUT2D eigenvalue weighted by Crippen LogP contribution is 2.50. The molecule has 1 N–H and O–H groups in total. The van der Waals surface area contributed by atoms with Crippen LogP contribution in [0.3, 0.4) is 0 Å². The topological polar surface area (TPSA) is 64.1 Å². The number of carbonyl (C=O) groups is 1. The lowest BCUT2D eigenvalue weighted by Crippen LogP contribution is -2.33. The van der Waals surface area contributed by atoms with Crippen molar-refractivity contribution in [1.82, 2.24) is 15.3 Å². The quantitative estimate of drug-likeness (QED) is 0.779. The first-order valence-corrected chi connectivity index (χ1v) is 8.35. The predicted molar refractivity (Wildman–Crippen MR) is 95.8 cm³/mol. The van der Waals surface area contributed by atoms with Gasteiger partial charge in [-0.25, -0.2) is 4.98 Å². The number of carbonyl (C=O) groups excluding carboxylic acids is 1. The number of benzene rings is 2. The van der Waals surface area contributed by atoms with Crippen LogP contribution in [-0.4, -0.2) is 29.5 Å². The highest BCUT2D eigenvalue weighted by Gasteiger charge is 2.46. The zero-order valence-electron chi connectivity index (χ0n) is 14.0. The number of amides is 1. The van der Waals surface area contributed by atoms with Gasteiger partial charge in [-0.15, -0.1) is 0 Å². The normalized spacial score (nSPS) is 14.9. The van der Waals surface area contributed by atoms with Crippen molar-refractivity contribution >= 4 is 16.9 Å². The molecular formula is C20H19N3O2. The third kappa shape index (κ3) is 2.93. The molecule has 4 rings (SSSR count). The highest BCUT2D eigenvalue weighted by atomic mass is 16.5. The van der Waals surface area contributed by atoms with Crippen molar-refractivity contribution in [3.63, 3.8) is 0 Å². The molecule has 1 aliphatic rings.